The van der Waals surface area contributed by atoms with Gasteiger partial charge in [-0.1, -0.05) is 23.8 Å². The molecule has 1 aromatic heterocycles. The normalized spacial score (nSPS) is 27.3. The lowest BCUT2D eigenvalue weighted by Crippen LogP contribution is -2.43. The molecule has 3 fully saturated rings. The molecule has 4 amide bonds. The highest BCUT2D eigenvalue weighted by molar-refractivity contribution is 6.24. The number of hydrogen-bond donors (Lipinski definition) is 3. The Morgan fingerprint density at radius 1 is 0.733 bits per heavy atom. The van der Waals surface area contributed by atoms with Crippen molar-refractivity contribution in [1.29, 1.82) is 0 Å². The van der Waals surface area contributed by atoms with Crippen molar-refractivity contribution in [3.63, 3.8) is 0 Å². The first-order valence-corrected chi connectivity index (χ1v) is 14.4. The summed E-state index contributed by atoms with van der Waals surface area (Å²) in [6, 6.07) is 14.3. The van der Waals surface area contributed by atoms with Gasteiger partial charge in [0.05, 0.1) is 52.1 Å². The van der Waals surface area contributed by atoms with Crippen LogP contribution < -0.4 is 9.80 Å². The van der Waals surface area contributed by atoms with Gasteiger partial charge >= 0.3 is 11.9 Å². The third kappa shape index (κ3) is 4.24. The van der Waals surface area contributed by atoms with E-state index in [4.69, 9.17) is 4.42 Å². The summed E-state index contributed by atoms with van der Waals surface area (Å²) in [5, 5.41) is 28.7. The van der Waals surface area contributed by atoms with Gasteiger partial charge in [0.2, 0.25) is 23.6 Å². The van der Waals surface area contributed by atoms with Gasteiger partial charge in [-0.2, -0.15) is 0 Å². The molecule has 2 aliphatic heterocycles. The molecule has 228 valence electrons. The summed E-state index contributed by atoms with van der Waals surface area (Å²) >= 11 is 0. The van der Waals surface area contributed by atoms with Crippen LogP contribution in [0.5, 0.6) is 0 Å². The van der Waals surface area contributed by atoms with Crippen LogP contribution in [0.1, 0.15) is 51.0 Å². The van der Waals surface area contributed by atoms with E-state index in [9.17, 15) is 44.1 Å². The number of carbonyl (C=O) groups excluding carboxylic acids is 4. The molecule has 0 bridgehead atoms. The van der Waals surface area contributed by atoms with Gasteiger partial charge in [-0.3, -0.25) is 24.1 Å². The minimum atomic E-state index is -1.22. The Morgan fingerprint density at radius 3 is 1.87 bits per heavy atom. The Hall–Kier alpha value is -5.36. The van der Waals surface area contributed by atoms with Crippen LogP contribution in [0.2, 0.25) is 0 Å². The lowest BCUT2D eigenvalue weighted by atomic mass is 9.58. The number of aliphatic hydroxyl groups is 1. The van der Waals surface area contributed by atoms with Gasteiger partial charge < -0.3 is 19.7 Å². The summed E-state index contributed by atoms with van der Waals surface area (Å²) in [5.41, 5.74) is 0.753. The van der Waals surface area contributed by atoms with E-state index >= 15 is 0 Å². The highest BCUT2D eigenvalue weighted by Gasteiger charge is 2.63. The number of nitrogens with zero attached hydrogens (tertiary/aromatic N) is 2. The van der Waals surface area contributed by atoms with Crippen LogP contribution in [-0.2, 0) is 25.8 Å². The number of carboxylic acid groups (broad SMARTS) is 2. The molecule has 6 atom stereocenters. The second-order valence-electron chi connectivity index (χ2n) is 11.7. The summed E-state index contributed by atoms with van der Waals surface area (Å²) in [4.78, 5) is 81.1. The maximum Gasteiger partial charge on any atom is 0.335 e. The molecular weight excluding hydrogens is 584 g/mol. The van der Waals surface area contributed by atoms with Crippen molar-refractivity contribution in [3.05, 3.63) is 95.0 Å². The van der Waals surface area contributed by atoms with Crippen LogP contribution in [0.3, 0.4) is 0 Å². The number of furan rings is 1. The van der Waals surface area contributed by atoms with Crippen LogP contribution in [0.25, 0.3) is 0 Å². The van der Waals surface area contributed by atoms with E-state index in [-0.39, 0.29) is 41.1 Å². The lowest BCUT2D eigenvalue weighted by Gasteiger charge is -2.43. The highest BCUT2D eigenvalue weighted by atomic mass is 16.4. The molecule has 4 aliphatic rings. The SMILES string of the molecule is O=C(O)c1cccc(N2C(=O)[C@H]3[C@H](CC=C4[C@H]3C[C@H]3C(=O)N(c5cccc(C(=O)O)c5)C(=O)[C@H]3[C@H]4c3ccc(CO)o3)C2=O)c1. The van der Waals surface area contributed by atoms with Gasteiger partial charge in [-0.25, -0.2) is 14.5 Å². The molecule has 1 saturated carbocycles. The van der Waals surface area contributed by atoms with Crippen molar-refractivity contribution < 1.29 is 48.5 Å². The van der Waals surface area contributed by atoms with Crippen molar-refractivity contribution in [1.82, 2.24) is 0 Å². The fraction of sp³-hybridized carbons (Fsp3) is 0.273. The van der Waals surface area contributed by atoms with Gasteiger partial charge in [0.1, 0.15) is 18.1 Å². The third-order valence-corrected chi connectivity index (χ3v) is 9.50. The van der Waals surface area contributed by atoms with Crippen LogP contribution in [0.4, 0.5) is 11.4 Å². The zero-order valence-electron chi connectivity index (χ0n) is 23.5. The maximum absolute atomic E-state index is 14.1. The Labute approximate surface area is 255 Å². The first-order chi connectivity index (χ1) is 21.6. The molecule has 45 heavy (non-hydrogen) atoms. The zero-order chi connectivity index (χ0) is 31.7. The Bertz CT molecular complexity index is 1860. The van der Waals surface area contributed by atoms with E-state index in [0.717, 1.165) is 9.80 Å². The largest absolute Gasteiger partial charge is 0.478 e. The van der Waals surface area contributed by atoms with Crippen molar-refractivity contribution in [2.75, 3.05) is 9.80 Å². The van der Waals surface area contributed by atoms with E-state index in [1.165, 1.54) is 48.5 Å². The van der Waals surface area contributed by atoms with Crippen LogP contribution in [0.15, 0.2) is 76.7 Å². The fourth-order valence-electron chi connectivity index (χ4n) is 7.62. The fourth-order valence-corrected chi connectivity index (χ4v) is 7.62. The summed E-state index contributed by atoms with van der Waals surface area (Å²) in [5.74, 6) is -8.79. The third-order valence-electron chi connectivity index (χ3n) is 9.50. The van der Waals surface area contributed by atoms with Gasteiger partial charge in [0.15, 0.2) is 0 Å². The van der Waals surface area contributed by atoms with Crippen molar-refractivity contribution >= 4 is 46.9 Å². The van der Waals surface area contributed by atoms with E-state index in [0.29, 0.717) is 11.3 Å². The predicted octanol–water partition coefficient (Wildman–Crippen LogP) is 3.21. The Balaban J connectivity index is 1.31. The predicted molar refractivity (Wildman–Crippen MR) is 154 cm³/mol. The number of anilines is 2. The summed E-state index contributed by atoms with van der Waals surface area (Å²) in [7, 11) is 0. The quantitative estimate of drug-likeness (QED) is 0.277. The first-order valence-electron chi connectivity index (χ1n) is 14.4. The summed E-state index contributed by atoms with van der Waals surface area (Å²) < 4.78 is 5.92. The lowest BCUT2D eigenvalue weighted by molar-refractivity contribution is -0.126. The molecule has 3 aromatic rings. The van der Waals surface area contributed by atoms with Crippen LogP contribution in [-0.4, -0.2) is 50.9 Å². The monoisotopic (exact) mass is 610 g/mol. The second-order valence-corrected chi connectivity index (χ2v) is 11.7. The van der Waals surface area contributed by atoms with Crippen molar-refractivity contribution in [3.8, 4) is 0 Å². The first kappa shape index (κ1) is 28.4. The minimum Gasteiger partial charge on any atom is -0.478 e. The molecule has 12 heteroatoms. The van der Waals surface area contributed by atoms with E-state index in [1.54, 1.807) is 12.1 Å². The number of carboxylic acids is 2. The average Bonchev–Trinajstić information content (AvgIpc) is 3.69. The topological polar surface area (TPSA) is 183 Å². The Morgan fingerprint density at radius 2 is 1.31 bits per heavy atom. The van der Waals surface area contributed by atoms with Gasteiger partial charge in [-0.15, -0.1) is 0 Å². The van der Waals surface area contributed by atoms with Crippen molar-refractivity contribution in [2.45, 2.75) is 25.4 Å². The van der Waals surface area contributed by atoms with Crippen LogP contribution in [0, 0.1) is 29.6 Å². The number of fused-ring (bicyclic) bond motifs is 4. The Kier molecular flexibility index (Phi) is 6.55. The molecule has 0 unspecified atom stereocenters. The van der Waals surface area contributed by atoms with Crippen molar-refractivity contribution in [2.24, 2.45) is 29.6 Å². The minimum absolute atomic E-state index is 0.0815. The standard InChI is InChI=1S/C33H26N2O10/c36-14-19-7-10-24(45-19)26-20-8-9-21-25(30(39)34(28(21)37)17-5-1-3-15(11-17)32(41)42)22(20)13-23-27(26)31(40)35(29(23)38)18-6-2-4-16(12-18)33(43)44/h1-8,10-12,21-23,25-27,36H,9,13-14H2,(H,41,42)(H,43,44)/t21-,22+,23+,25-,26+,27+/m0/s1. The summed E-state index contributed by atoms with van der Waals surface area (Å²) in [6.07, 6.45) is 2.11. The molecule has 12 nitrogen and oxygen atoms in total. The molecule has 2 saturated heterocycles. The number of aromatic carboxylic acids is 2. The molecule has 2 aliphatic carbocycles. The molecule has 2 aromatic carbocycles. The van der Waals surface area contributed by atoms with Gasteiger partial charge in [-0.05, 0) is 67.3 Å². The molecule has 0 radical (unpaired) electrons. The molecular formula is C33H26N2O10. The van der Waals surface area contributed by atoms with E-state index in [2.05, 4.69) is 0 Å². The number of hydrogen-bond acceptors (Lipinski definition) is 8. The molecule has 7 rings (SSSR count). The average molecular weight is 611 g/mol. The maximum atomic E-state index is 14.1. The zero-order valence-corrected chi connectivity index (χ0v) is 23.5. The number of imide groups is 2. The number of amides is 4. The molecule has 0 spiro atoms. The smallest absolute Gasteiger partial charge is 0.335 e. The van der Waals surface area contributed by atoms with Gasteiger partial charge in [0.25, 0.3) is 0 Å². The number of allylic oxidation sites excluding steroid dienone is 2. The molecule has 3 N–H and O–H groups in total. The van der Waals surface area contributed by atoms with E-state index < -0.39 is 77.7 Å². The second kappa shape index (κ2) is 10.4. The number of benzene rings is 2. The number of aliphatic hydroxyl groups excluding tert-OH is 1. The van der Waals surface area contributed by atoms with Gasteiger partial charge in [0, 0.05) is 0 Å². The molecule has 3 heterocycles. The summed E-state index contributed by atoms with van der Waals surface area (Å²) in [6.45, 7) is -0.397. The highest BCUT2D eigenvalue weighted by Crippen LogP contribution is 2.58. The number of rotatable bonds is 6. The van der Waals surface area contributed by atoms with E-state index in [1.807, 2.05) is 6.08 Å². The van der Waals surface area contributed by atoms with Crippen LogP contribution >= 0.6 is 0 Å². The number of carbonyl (C=O) groups is 6.